The zero-order valence-electron chi connectivity index (χ0n) is 15.2. The molecule has 1 unspecified atom stereocenters. The number of carbonyl (C=O) groups is 1. The molecule has 154 valence electrons. The van der Waals surface area contributed by atoms with Gasteiger partial charge in [0.15, 0.2) is 5.78 Å². The van der Waals surface area contributed by atoms with Crippen LogP contribution in [0.4, 0.5) is 11.4 Å². The highest BCUT2D eigenvalue weighted by molar-refractivity contribution is 7.89. The van der Waals surface area contributed by atoms with E-state index in [1.165, 1.54) is 44.2 Å². The predicted molar refractivity (Wildman–Crippen MR) is 105 cm³/mol. The number of sulfonamides is 2. The molecule has 0 aliphatic carbocycles. The molecule has 0 saturated heterocycles. The second-order valence-electron chi connectivity index (χ2n) is 5.87. The summed E-state index contributed by atoms with van der Waals surface area (Å²) in [7, 11) is -7.69. The third-order valence-corrected chi connectivity index (χ3v) is 5.49. The summed E-state index contributed by atoms with van der Waals surface area (Å²) in [6.07, 6.45) is -0.754. The molecule has 2 aromatic carbocycles. The number of rotatable bonds is 4. The Morgan fingerprint density at radius 2 is 1.32 bits per heavy atom. The normalized spacial score (nSPS) is 12.6. The van der Waals surface area contributed by atoms with E-state index < -0.39 is 26.2 Å². The maximum Gasteiger partial charge on any atom is 0.240 e. The van der Waals surface area contributed by atoms with Crippen LogP contribution >= 0.6 is 0 Å². The van der Waals surface area contributed by atoms with Crippen LogP contribution in [0.25, 0.3) is 0 Å². The lowest BCUT2D eigenvalue weighted by atomic mass is 10.1. The van der Waals surface area contributed by atoms with E-state index in [-0.39, 0.29) is 32.5 Å². The van der Waals surface area contributed by atoms with Gasteiger partial charge in [0, 0.05) is 5.56 Å². The van der Waals surface area contributed by atoms with Gasteiger partial charge in [0.25, 0.3) is 0 Å². The number of nitrogens with two attached hydrogens (primary N) is 4. The van der Waals surface area contributed by atoms with E-state index >= 15 is 0 Å². The highest BCUT2D eigenvalue weighted by atomic mass is 32.2. The molecule has 1 atom stereocenters. The Balaban J connectivity index is 0.000000280. The first kappa shape index (κ1) is 23.5. The molecule has 0 heterocycles. The van der Waals surface area contributed by atoms with Crippen LogP contribution in [0.15, 0.2) is 46.2 Å². The first-order valence-electron chi connectivity index (χ1n) is 7.68. The fourth-order valence-electron chi connectivity index (χ4n) is 2.06. The zero-order valence-corrected chi connectivity index (χ0v) is 16.8. The largest absolute Gasteiger partial charge is 0.398 e. The molecule has 0 aliphatic rings. The smallest absolute Gasteiger partial charge is 0.240 e. The van der Waals surface area contributed by atoms with Crippen LogP contribution in [0, 0.1) is 0 Å². The summed E-state index contributed by atoms with van der Waals surface area (Å²) in [5, 5.41) is 19.1. The lowest BCUT2D eigenvalue weighted by Gasteiger charge is -2.08. The van der Waals surface area contributed by atoms with E-state index in [1.807, 2.05) is 0 Å². The number of Topliss-reactive ketones (excluding diaryl/α,β-unsaturated/α-hetero) is 1. The molecular weight excluding hydrogens is 408 g/mol. The number of carbonyl (C=O) groups excluding carboxylic acids is 1. The quantitative estimate of drug-likeness (QED) is 0.330. The molecule has 10 nitrogen and oxygen atoms in total. The molecule has 12 heteroatoms. The lowest BCUT2D eigenvalue weighted by molar-refractivity contribution is 0.101. The van der Waals surface area contributed by atoms with Crippen LogP contribution < -0.4 is 21.7 Å². The predicted octanol–water partition coefficient (Wildman–Crippen LogP) is 0.0883. The van der Waals surface area contributed by atoms with Crippen LogP contribution in [0.2, 0.25) is 0 Å². The van der Waals surface area contributed by atoms with Crippen molar-refractivity contribution in [2.45, 2.75) is 29.7 Å². The molecular formula is C16H22N4O6S2. The summed E-state index contributed by atoms with van der Waals surface area (Å²) in [5.74, 6) is -0.241. The van der Waals surface area contributed by atoms with Crippen molar-refractivity contribution in [1.82, 2.24) is 0 Å². The second-order valence-corrected chi connectivity index (χ2v) is 8.93. The van der Waals surface area contributed by atoms with Crippen LogP contribution in [0.3, 0.4) is 0 Å². The number of benzene rings is 2. The van der Waals surface area contributed by atoms with Gasteiger partial charge in [-0.3, -0.25) is 4.79 Å². The van der Waals surface area contributed by atoms with Crippen molar-refractivity contribution in [3.8, 4) is 0 Å². The summed E-state index contributed by atoms with van der Waals surface area (Å²) >= 11 is 0. The Hall–Kier alpha value is -2.51. The maximum absolute atomic E-state index is 11.0. The Morgan fingerprint density at radius 3 is 1.71 bits per heavy atom. The van der Waals surface area contributed by atoms with Gasteiger partial charge in [-0.15, -0.1) is 0 Å². The van der Waals surface area contributed by atoms with E-state index in [0.717, 1.165) is 0 Å². The SMILES string of the molecule is CC(=O)c1ccc(N)c(S(N)(=O)=O)c1.CC(O)c1ccc(N)c(S(N)(=O)=O)c1. The molecule has 0 spiro atoms. The number of nitrogen functional groups attached to an aromatic ring is 2. The molecule has 28 heavy (non-hydrogen) atoms. The van der Waals surface area contributed by atoms with Gasteiger partial charge in [-0.1, -0.05) is 6.07 Å². The van der Waals surface area contributed by atoms with Gasteiger partial charge < -0.3 is 16.6 Å². The van der Waals surface area contributed by atoms with E-state index in [0.29, 0.717) is 5.56 Å². The Labute approximate surface area is 163 Å². The molecule has 9 N–H and O–H groups in total. The number of anilines is 2. The number of aliphatic hydroxyl groups excluding tert-OH is 1. The van der Waals surface area contributed by atoms with Gasteiger partial charge in [-0.2, -0.15) is 0 Å². The molecule has 0 fully saturated rings. The van der Waals surface area contributed by atoms with Gasteiger partial charge in [-0.25, -0.2) is 27.1 Å². The monoisotopic (exact) mass is 430 g/mol. The van der Waals surface area contributed by atoms with Gasteiger partial charge >= 0.3 is 0 Å². The number of hydrogen-bond acceptors (Lipinski definition) is 8. The van der Waals surface area contributed by atoms with E-state index in [9.17, 15) is 26.7 Å². The van der Waals surface area contributed by atoms with Crippen LogP contribution in [-0.2, 0) is 20.0 Å². The molecule has 0 bridgehead atoms. The molecule has 2 rings (SSSR count). The minimum atomic E-state index is -3.87. The number of ketones is 1. The summed E-state index contributed by atoms with van der Waals surface area (Å²) in [5.41, 5.74) is 11.7. The highest BCUT2D eigenvalue weighted by Gasteiger charge is 2.15. The maximum atomic E-state index is 11.0. The van der Waals surface area contributed by atoms with Gasteiger partial charge in [0.05, 0.1) is 17.5 Å². The Morgan fingerprint density at radius 1 is 0.893 bits per heavy atom. The van der Waals surface area contributed by atoms with Crippen molar-refractivity contribution in [3.05, 3.63) is 47.5 Å². The van der Waals surface area contributed by atoms with E-state index in [1.54, 1.807) is 6.07 Å². The van der Waals surface area contributed by atoms with Crippen LogP contribution in [-0.4, -0.2) is 27.7 Å². The molecule has 0 saturated carbocycles. The zero-order chi connectivity index (χ0) is 21.9. The first-order valence-corrected chi connectivity index (χ1v) is 10.8. The third-order valence-electron chi connectivity index (χ3n) is 3.55. The third kappa shape index (κ3) is 6.28. The summed E-state index contributed by atoms with van der Waals surface area (Å²) < 4.78 is 44.1. The average Bonchev–Trinajstić information content (AvgIpc) is 2.53. The summed E-state index contributed by atoms with van der Waals surface area (Å²) in [4.78, 5) is 10.6. The van der Waals surface area contributed by atoms with Crippen molar-refractivity contribution in [2.75, 3.05) is 11.5 Å². The van der Waals surface area contributed by atoms with Crippen LogP contribution in [0.5, 0.6) is 0 Å². The molecule has 2 aromatic rings. The minimum absolute atomic E-state index is 0.0394. The van der Waals surface area contributed by atoms with Gasteiger partial charge in [0.1, 0.15) is 9.79 Å². The molecule has 0 radical (unpaired) electrons. The first-order chi connectivity index (χ1) is 12.6. The number of primary sulfonamides is 2. The Kier molecular flexibility index (Phi) is 7.28. The van der Waals surface area contributed by atoms with Crippen molar-refractivity contribution in [2.24, 2.45) is 10.3 Å². The van der Waals surface area contributed by atoms with Gasteiger partial charge in [0.2, 0.25) is 20.0 Å². The molecule has 0 aromatic heterocycles. The molecule has 0 aliphatic heterocycles. The highest BCUT2D eigenvalue weighted by Crippen LogP contribution is 2.22. The summed E-state index contributed by atoms with van der Waals surface area (Å²) in [6.45, 7) is 2.86. The molecule has 0 amide bonds. The minimum Gasteiger partial charge on any atom is -0.398 e. The van der Waals surface area contributed by atoms with Crippen molar-refractivity contribution < 1.29 is 26.7 Å². The lowest BCUT2D eigenvalue weighted by Crippen LogP contribution is -2.15. The van der Waals surface area contributed by atoms with Crippen molar-refractivity contribution in [1.29, 1.82) is 0 Å². The average molecular weight is 431 g/mol. The fourth-order valence-corrected chi connectivity index (χ4v) is 3.44. The van der Waals surface area contributed by atoms with Gasteiger partial charge in [-0.05, 0) is 49.7 Å². The number of hydrogen-bond donors (Lipinski definition) is 5. The Bertz CT molecular complexity index is 1100. The van der Waals surface area contributed by atoms with E-state index in [2.05, 4.69) is 0 Å². The van der Waals surface area contributed by atoms with Crippen LogP contribution in [0.1, 0.15) is 35.9 Å². The van der Waals surface area contributed by atoms with E-state index in [4.69, 9.17) is 21.7 Å². The second kappa shape index (κ2) is 8.67. The van der Waals surface area contributed by atoms with Crippen molar-refractivity contribution >= 4 is 37.2 Å². The van der Waals surface area contributed by atoms with Crippen molar-refractivity contribution in [3.63, 3.8) is 0 Å². The number of aliphatic hydroxyl groups is 1. The fraction of sp³-hybridized carbons (Fsp3) is 0.188. The topological polar surface area (TPSA) is 210 Å². The summed E-state index contributed by atoms with van der Waals surface area (Å²) in [6, 6.07) is 8.20. The standard InChI is InChI=1S/C8H12N2O3S.C8H10N2O3S/c2*1-5(11)6-2-3-7(9)8(4-6)14(10,12)13/h2-5,11H,9H2,1H3,(H2,10,12,13);2-4H,9H2,1H3,(H2,10,12,13).